The average molecular weight is 220 g/mol. The normalized spacial score (nSPS) is 18.7. The van der Waals surface area contributed by atoms with Crippen LogP contribution < -0.4 is 0 Å². The quantitative estimate of drug-likeness (QED) is 0.541. The molecule has 6 heteroatoms. The van der Waals surface area contributed by atoms with Crippen LogP contribution in [0.1, 0.15) is 27.2 Å². The zero-order valence-corrected chi connectivity index (χ0v) is 8.93. The van der Waals surface area contributed by atoms with Crippen molar-refractivity contribution >= 4 is 11.9 Å². The number of hydrogen-bond acceptors (Lipinski definition) is 5. The van der Waals surface area contributed by atoms with Crippen molar-refractivity contribution in [1.82, 2.24) is 0 Å². The lowest BCUT2D eigenvalue weighted by Crippen LogP contribution is -2.42. The summed E-state index contributed by atoms with van der Waals surface area (Å²) in [6.45, 7) is 3.75. The van der Waals surface area contributed by atoms with Crippen molar-refractivity contribution in [3.8, 4) is 0 Å². The number of carbonyl (C=O) groups excluding carboxylic acids is 1. The Morgan fingerprint density at radius 1 is 1.40 bits per heavy atom. The molecule has 0 aliphatic rings. The van der Waals surface area contributed by atoms with Crippen LogP contribution in [0.4, 0.5) is 0 Å². The summed E-state index contributed by atoms with van der Waals surface area (Å²) in [5.41, 5.74) is -1.88. The van der Waals surface area contributed by atoms with E-state index in [1.807, 2.05) is 0 Å². The predicted octanol–water partition coefficient (Wildman–Crippen LogP) is -0.475. The van der Waals surface area contributed by atoms with E-state index >= 15 is 0 Å². The van der Waals surface area contributed by atoms with E-state index in [-0.39, 0.29) is 6.42 Å². The molecule has 0 aliphatic heterocycles. The molecule has 3 N–H and O–H groups in total. The summed E-state index contributed by atoms with van der Waals surface area (Å²) >= 11 is 0. The summed E-state index contributed by atoms with van der Waals surface area (Å²) in [6, 6.07) is 0. The van der Waals surface area contributed by atoms with Gasteiger partial charge < -0.3 is 20.1 Å². The van der Waals surface area contributed by atoms with E-state index in [2.05, 4.69) is 4.74 Å². The molecular weight excluding hydrogens is 204 g/mol. The molecule has 0 spiro atoms. The molecule has 0 bridgehead atoms. The third-order valence-electron chi connectivity index (χ3n) is 1.76. The standard InChI is InChI=1S/C9H16O6/c1-5(10)4-9(3,14)8(13)15-6(2)7(11)12/h5-6,10,14H,4H2,1-3H3,(H,11,12). The topological polar surface area (TPSA) is 104 Å². The molecule has 0 aromatic carbocycles. The zero-order valence-electron chi connectivity index (χ0n) is 8.93. The molecule has 0 heterocycles. The Labute approximate surface area is 87.5 Å². The Morgan fingerprint density at radius 2 is 1.87 bits per heavy atom. The first-order chi connectivity index (χ1) is 6.66. The third kappa shape index (κ3) is 4.75. The third-order valence-corrected chi connectivity index (χ3v) is 1.76. The molecule has 0 aliphatic carbocycles. The van der Waals surface area contributed by atoms with Gasteiger partial charge in [-0.1, -0.05) is 0 Å². The van der Waals surface area contributed by atoms with Crippen LogP contribution in [-0.4, -0.2) is 45.1 Å². The first-order valence-corrected chi connectivity index (χ1v) is 4.51. The Hall–Kier alpha value is -1.14. The van der Waals surface area contributed by atoms with Crippen LogP contribution in [0.25, 0.3) is 0 Å². The van der Waals surface area contributed by atoms with E-state index in [4.69, 9.17) is 10.2 Å². The predicted molar refractivity (Wildman–Crippen MR) is 50.1 cm³/mol. The van der Waals surface area contributed by atoms with Crippen LogP contribution in [-0.2, 0) is 14.3 Å². The number of aliphatic hydroxyl groups excluding tert-OH is 1. The van der Waals surface area contributed by atoms with E-state index in [9.17, 15) is 14.7 Å². The molecule has 0 radical (unpaired) electrons. The number of carboxylic acids is 1. The van der Waals surface area contributed by atoms with Crippen molar-refractivity contribution in [2.75, 3.05) is 0 Å². The molecule has 3 atom stereocenters. The maximum atomic E-state index is 11.3. The van der Waals surface area contributed by atoms with Gasteiger partial charge in [0.2, 0.25) is 0 Å². The van der Waals surface area contributed by atoms with Gasteiger partial charge in [-0.05, 0) is 20.8 Å². The first kappa shape index (κ1) is 13.9. The van der Waals surface area contributed by atoms with Gasteiger partial charge in [0.15, 0.2) is 11.7 Å². The van der Waals surface area contributed by atoms with Crippen LogP contribution in [0.3, 0.4) is 0 Å². The molecule has 0 aromatic rings. The lowest BCUT2D eigenvalue weighted by Gasteiger charge is -2.23. The van der Waals surface area contributed by atoms with Crippen molar-refractivity contribution < 1.29 is 29.6 Å². The van der Waals surface area contributed by atoms with Gasteiger partial charge in [-0.2, -0.15) is 0 Å². The van der Waals surface area contributed by atoms with Crippen LogP contribution >= 0.6 is 0 Å². The molecular formula is C9H16O6. The monoisotopic (exact) mass is 220 g/mol. The number of aliphatic hydroxyl groups is 2. The summed E-state index contributed by atoms with van der Waals surface area (Å²) < 4.78 is 4.48. The van der Waals surface area contributed by atoms with Crippen LogP contribution in [0.15, 0.2) is 0 Å². The highest BCUT2D eigenvalue weighted by Gasteiger charge is 2.35. The molecule has 0 aromatic heterocycles. The van der Waals surface area contributed by atoms with Crippen LogP contribution in [0.2, 0.25) is 0 Å². The van der Waals surface area contributed by atoms with Gasteiger partial charge in [0.05, 0.1) is 6.10 Å². The fraction of sp³-hybridized carbons (Fsp3) is 0.778. The van der Waals surface area contributed by atoms with Crippen molar-refractivity contribution in [3.63, 3.8) is 0 Å². The van der Waals surface area contributed by atoms with Crippen molar-refractivity contribution in [3.05, 3.63) is 0 Å². The van der Waals surface area contributed by atoms with E-state index < -0.39 is 29.7 Å². The molecule has 0 saturated heterocycles. The van der Waals surface area contributed by atoms with E-state index in [1.165, 1.54) is 13.8 Å². The lowest BCUT2D eigenvalue weighted by atomic mass is 9.99. The molecule has 3 unspecified atom stereocenters. The minimum Gasteiger partial charge on any atom is -0.479 e. The van der Waals surface area contributed by atoms with E-state index in [1.54, 1.807) is 0 Å². The highest BCUT2D eigenvalue weighted by atomic mass is 16.6. The van der Waals surface area contributed by atoms with Gasteiger partial charge in [0.25, 0.3) is 0 Å². The zero-order chi connectivity index (χ0) is 12.2. The van der Waals surface area contributed by atoms with Crippen molar-refractivity contribution in [1.29, 1.82) is 0 Å². The van der Waals surface area contributed by atoms with E-state index in [0.717, 1.165) is 6.92 Å². The minimum atomic E-state index is -1.88. The Balaban J connectivity index is 4.37. The van der Waals surface area contributed by atoms with Gasteiger partial charge in [-0.3, -0.25) is 0 Å². The molecule has 0 amide bonds. The van der Waals surface area contributed by atoms with Gasteiger partial charge in [0, 0.05) is 6.42 Å². The lowest BCUT2D eigenvalue weighted by molar-refractivity contribution is -0.178. The van der Waals surface area contributed by atoms with Crippen molar-refractivity contribution in [2.24, 2.45) is 0 Å². The Kier molecular flexibility index (Phi) is 4.70. The average Bonchev–Trinajstić information content (AvgIpc) is 2.01. The van der Waals surface area contributed by atoms with Crippen LogP contribution in [0.5, 0.6) is 0 Å². The van der Waals surface area contributed by atoms with Gasteiger partial charge in [-0.15, -0.1) is 0 Å². The number of aliphatic carboxylic acids is 1. The van der Waals surface area contributed by atoms with Gasteiger partial charge in [0.1, 0.15) is 0 Å². The first-order valence-electron chi connectivity index (χ1n) is 4.51. The number of rotatable bonds is 5. The Morgan fingerprint density at radius 3 is 2.20 bits per heavy atom. The van der Waals surface area contributed by atoms with Gasteiger partial charge in [-0.25, -0.2) is 9.59 Å². The summed E-state index contributed by atoms with van der Waals surface area (Å²) in [4.78, 5) is 21.6. The molecule has 88 valence electrons. The second-order valence-corrected chi connectivity index (χ2v) is 3.71. The second-order valence-electron chi connectivity index (χ2n) is 3.71. The number of carboxylic acid groups (broad SMARTS) is 1. The fourth-order valence-electron chi connectivity index (χ4n) is 0.996. The maximum absolute atomic E-state index is 11.3. The number of carbonyl (C=O) groups is 2. The maximum Gasteiger partial charge on any atom is 0.344 e. The highest BCUT2D eigenvalue weighted by Crippen LogP contribution is 2.15. The number of ether oxygens (including phenoxy) is 1. The Bertz CT molecular complexity index is 245. The SMILES string of the molecule is CC(O)CC(C)(O)C(=O)OC(C)C(=O)O. The van der Waals surface area contributed by atoms with Crippen LogP contribution in [0, 0.1) is 0 Å². The molecule has 6 nitrogen and oxygen atoms in total. The highest BCUT2D eigenvalue weighted by molar-refractivity contribution is 5.82. The fourth-order valence-corrected chi connectivity index (χ4v) is 0.996. The molecule has 0 rings (SSSR count). The largest absolute Gasteiger partial charge is 0.479 e. The molecule has 0 fully saturated rings. The molecule has 0 saturated carbocycles. The summed E-state index contributed by atoms with van der Waals surface area (Å²) in [5.74, 6) is -2.35. The summed E-state index contributed by atoms with van der Waals surface area (Å²) in [5, 5.41) is 27.0. The minimum absolute atomic E-state index is 0.210. The van der Waals surface area contributed by atoms with Crippen molar-refractivity contribution in [2.45, 2.75) is 45.0 Å². The number of esters is 1. The summed E-state index contributed by atoms with van der Waals surface area (Å²) in [7, 11) is 0. The van der Waals surface area contributed by atoms with Gasteiger partial charge >= 0.3 is 11.9 Å². The van der Waals surface area contributed by atoms with E-state index in [0.29, 0.717) is 0 Å². The smallest absolute Gasteiger partial charge is 0.344 e. The summed E-state index contributed by atoms with van der Waals surface area (Å²) in [6.07, 6.45) is -2.41. The number of hydrogen-bond donors (Lipinski definition) is 3. The molecule has 15 heavy (non-hydrogen) atoms. The second kappa shape index (κ2) is 5.09.